The van der Waals surface area contributed by atoms with Crippen molar-refractivity contribution in [2.24, 2.45) is 5.73 Å². The van der Waals surface area contributed by atoms with Crippen molar-refractivity contribution in [2.45, 2.75) is 12.5 Å². The van der Waals surface area contributed by atoms with Gasteiger partial charge in [0.1, 0.15) is 0 Å². The van der Waals surface area contributed by atoms with Crippen molar-refractivity contribution in [3.8, 4) is 0 Å². The summed E-state index contributed by atoms with van der Waals surface area (Å²) in [4.78, 5) is 0. The molecule has 0 fully saturated rings. The van der Waals surface area contributed by atoms with Crippen LogP contribution in [0.2, 0.25) is 10.0 Å². The summed E-state index contributed by atoms with van der Waals surface area (Å²) >= 11 is 12.5. The van der Waals surface area contributed by atoms with E-state index < -0.39 is 0 Å². The molecule has 0 bridgehead atoms. The predicted molar refractivity (Wildman–Crippen MR) is 91.0 cm³/mol. The van der Waals surface area contributed by atoms with Gasteiger partial charge in [0.05, 0.1) is 0 Å². The van der Waals surface area contributed by atoms with Gasteiger partial charge in [-0.05, 0) is 35.1 Å². The van der Waals surface area contributed by atoms with E-state index in [0.717, 1.165) is 31.9 Å². The summed E-state index contributed by atoms with van der Waals surface area (Å²) in [6.45, 7) is 0. The Bertz CT molecular complexity index is 783. The minimum atomic E-state index is -0.118. The van der Waals surface area contributed by atoms with E-state index in [0.29, 0.717) is 6.42 Å². The third-order valence-electron chi connectivity index (χ3n) is 3.70. The second-order valence-electron chi connectivity index (χ2n) is 5.08. The summed E-state index contributed by atoms with van der Waals surface area (Å²) in [5.41, 5.74) is 8.56. The lowest BCUT2D eigenvalue weighted by molar-refractivity contribution is 0.728. The molecule has 1 atom stereocenters. The van der Waals surface area contributed by atoms with Gasteiger partial charge in [-0.3, -0.25) is 0 Å². The lowest BCUT2D eigenvalue weighted by Crippen LogP contribution is -2.14. The number of hydrogen-bond acceptors (Lipinski definition) is 1. The van der Waals surface area contributed by atoms with Crippen LogP contribution in [0.3, 0.4) is 0 Å². The zero-order valence-electron chi connectivity index (χ0n) is 11.4. The van der Waals surface area contributed by atoms with Crippen LogP contribution in [0, 0.1) is 0 Å². The number of rotatable bonds is 3. The van der Waals surface area contributed by atoms with Crippen molar-refractivity contribution in [2.75, 3.05) is 0 Å². The molecule has 0 aliphatic carbocycles. The second-order valence-corrected chi connectivity index (χ2v) is 5.90. The SMILES string of the molecule is NC(Cc1ccccc1Cl)c1ccc(Cl)c2ccccc12. The van der Waals surface area contributed by atoms with Crippen molar-refractivity contribution in [3.63, 3.8) is 0 Å². The molecule has 106 valence electrons. The molecular formula is C18H15Cl2N. The van der Waals surface area contributed by atoms with Crippen molar-refractivity contribution in [3.05, 3.63) is 81.8 Å². The van der Waals surface area contributed by atoms with E-state index in [1.165, 1.54) is 0 Å². The fraction of sp³-hybridized carbons (Fsp3) is 0.111. The summed E-state index contributed by atoms with van der Waals surface area (Å²) in [5, 5.41) is 3.64. The van der Waals surface area contributed by atoms with Crippen molar-refractivity contribution < 1.29 is 0 Å². The minimum absolute atomic E-state index is 0.118. The first-order valence-electron chi connectivity index (χ1n) is 6.83. The molecule has 0 spiro atoms. The molecule has 3 aromatic rings. The summed E-state index contributed by atoms with van der Waals surface area (Å²) in [6, 6.07) is 19.7. The lowest BCUT2D eigenvalue weighted by atomic mass is 9.95. The van der Waals surface area contributed by atoms with E-state index in [1.807, 2.05) is 54.6 Å². The van der Waals surface area contributed by atoms with E-state index in [9.17, 15) is 0 Å². The lowest BCUT2D eigenvalue weighted by Gasteiger charge is -2.16. The molecule has 3 heteroatoms. The number of hydrogen-bond donors (Lipinski definition) is 1. The average Bonchev–Trinajstić information content (AvgIpc) is 2.50. The first-order valence-corrected chi connectivity index (χ1v) is 7.58. The first kappa shape index (κ1) is 14.4. The highest BCUT2D eigenvalue weighted by Gasteiger charge is 2.13. The van der Waals surface area contributed by atoms with Crippen molar-refractivity contribution >= 4 is 34.0 Å². The van der Waals surface area contributed by atoms with Gasteiger partial charge in [0, 0.05) is 21.5 Å². The van der Waals surface area contributed by atoms with Gasteiger partial charge in [-0.2, -0.15) is 0 Å². The van der Waals surface area contributed by atoms with Crippen LogP contribution in [-0.2, 0) is 6.42 Å². The molecule has 0 aliphatic rings. The van der Waals surface area contributed by atoms with Crippen LogP contribution in [0.1, 0.15) is 17.2 Å². The predicted octanol–water partition coefficient (Wildman–Crippen LogP) is 5.39. The van der Waals surface area contributed by atoms with Gasteiger partial charge >= 0.3 is 0 Å². The van der Waals surface area contributed by atoms with Gasteiger partial charge in [-0.25, -0.2) is 0 Å². The maximum absolute atomic E-state index is 6.41. The first-order chi connectivity index (χ1) is 10.2. The molecule has 0 heterocycles. The summed E-state index contributed by atoms with van der Waals surface area (Å²) in [7, 11) is 0. The monoisotopic (exact) mass is 315 g/mol. The highest BCUT2D eigenvalue weighted by Crippen LogP contribution is 2.31. The number of nitrogens with two attached hydrogens (primary N) is 1. The van der Waals surface area contributed by atoms with E-state index in [2.05, 4.69) is 6.07 Å². The summed E-state index contributed by atoms with van der Waals surface area (Å²) in [5.74, 6) is 0. The molecule has 3 rings (SSSR count). The van der Waals surface area contributed by atoms with Crippen LogP contribution < -0.4 is 5.73 Å². The zero-order valence-corrected chi connectivity index (χ0v) is 12.9. The Morgan fingerprint density at radius 3 is 2.19 bits per heavy atom. The average molecular weight is 316 g/mol. The highest BCUT2D eigenvalue weighted by molar-refractivity contribution is 6.35. The quantitative estimate of drug-likeness (QED) is 0.689. The van der Waals surface area contributed by atoms with Crippen LogP contribution in [0.4, 0.5) is 0 Å². The molecule has 0 saturated carbocycles. The third kappa shape index (κ3) is 2.91. The molecule has 1 unspecified atom stereocenters. The van der Waals surface area contributed by atoms with Gasteiger partial charge in [0.15, 0.2) is 0 Å². The van der Waals surface area contributed by atoms with Crippen molar-refractivity contribution in [1.82, 2.24) is 0 Å². The fourth-order valence-corrected chi connectivity index (χ4v) is 3.06. The normalized spacial score (nSPS) is 12.5. The molecule has 3 aromatic carbocycles. The maximum atomic E-state index is 6.41. The maximum Gasteiger partial charge on any atom is 0.0484 e. The fourth-order valence-electron chi connectivity index (χ4n) is 2.62. The Balaban J connectivity index is 2.01. The summed E-state index contributed by atoms with van der Waals surface area (Å²) < 4.78 is 0. The van der Waals surface area contributed by atoms with Gasteiger partial charge < -0.3 is 5.73 Å². The van der Waals surface area contributed by atoms with Gasteiger partial charge in [0.2, 0.25) is 0 Å². The van der Waals surface area contributed by atoms with E-state index in [4.69, 9.17) is 28.9 Å². The van der Waals surface area contributed by atoms with Gasteiger partial charge in [0.25, 0.3) is 0 Å². The molecule has 0 aliphatic heterocycles. The Hall–Kier alpha value is -1.54. The highest BCUT2D eigenvalue weighted by atomic mass is 35.5. The Labute approximate surface area is 134 Å². The second kappa shape index (κ2) is 6.07. The number of fused-ring (bicyclic) bond motifs is 1. The molecule has 1 nitrogen and oxygen atoms in total. The number of halogens is 2. The molecule has 0 radical (unpaired) electrons. The van der Waals surface area contributed by atoms with Crippen LogP contribution in [0.5, 0.6) is 0 Å². The van der Waals surface area contributed by atoms with E-state index >= 15 is 0 Å². The summed E-state index contributed by atoms with van der Waals surface area (Å²) in [6.07, 6.45) is 0.700. The Morgan fingerprint density at radius 1 is 0.762 bits per heavy atom. The molecule has 21 heavy (non-hydrogen) atoms. The van der Waals surface area contributed by atoms with Crippen LogP contribution in [-0.4, -0.2) is 0 Å². The van der Waals surface area contributed by atoms with E-state index in [1.54, 1.807) is 0 Å². The van der Waals surface area contributed by atoms with Crippen LogP contribution in [0.25, 0.3) is 10.8 Å². The minimum Gasteiger partial charge on any atom is -0.324 e. The Morgan fingerprint density at radius 2 is 1.43 bits per heavy atom. The topological polar surface area (TPSA) is 26.0 Å². The standard InChI is InChI=1S/C18H15Cl2N/c19-16-8-4-1-5-12(16)11-18(21)15-9-10-17(20)14-7-3-2-6-13(14)15/h1-10,18H,11,21H2. The smallest absolute Gasteiger partial charge is 0.0484 e. The zero-order chi connectivity index (χ0) is 14.8. The largest absolute Gasteiger partial charge is 0.324 e. The number of benzene rings is 3. The molecule has 0 amide bonds. The third-order valence-corrected chi connectivity index (χ3v) is 4.40. The van der Waals surface area contributed by atoms with E-state index in [-0.39, 0.29) is 6.04 Å². The van der Waals surface area contributed by atoms with Gasteiger partial charge in [-0.1, -0.05) is 71.7 Å². The molecule has 0 aromatic heterocycles. The van der Waals surface area contributed by atoms with Crippen LogP contribution in [0.15, 0.2) is 60.7 Å². The Kier molecular flexibility index (Phi) is 4.16. The van der Waals surface area contributed by atoms with Crippen LogP contribution >= 0.6 is 23.2 Å². The van der Waals surface area contributed by atoms with Gasteiger partial charge in [-0.15, -0.1) is 0 Å². The molecule has 2 N–H and O–H groups in total. The molecular weight excluding hydrogens is 301 g/mol. The van der Waals surface area contributed by atoms with Crippen molar-refractivity contribution in [1.29, 1.82) is 0 Å². The molecule has 0 saturated heterocycles.